The molecule has 1 saturated heterocycles. The fourth-order valence-electron chi connectivity index (χ4n) is 7.17. The molecule has 1 spiro atoms. The van der Waals surface area contributed by atoms with E-state index in [0.717, 1.165) is 37.0 Å². The zero-order valence-corrected chi connectivity index (χ0v) is 15.2. The highest BCUT2D eigenvalue weighted by Crippen LogP contribution is 2.73. The van der Waals surface area contributed by atoms with Gasteiger partial charge >= 0.3 is 0 Å². The molecule has 2 nitrogen and oxygen atoms in total. The Balaban J connectivity index is 1.52. The molecule has 122 valence electrons. The fourth-order valence-corrected chi connectivity index (χ4v) is 7.85. The maximum atomic E-state index is 10.2. The smallest absolute Gasteiger partial charge is 0.103 e. The van der Waals surface area contributed by atoms with Gasteiger partial charge in [-0.25, -0.2) is 0 Å². The maximum Gasteiger partial charge on any atom is 0.103 e. The van der Waals surface area contributed by atoms with Gasteiger partial charge in [0.25, 0.3) is 0 Å². The van der Waals surface area contributed by atoms with E-state index in [0.29, 0.717) is 16.9 Å². The Hall–Kier alpha value is 0.140. The van der Waals surface area contributed by atoms with E-state index in [1.807, 2.05) is 0 Å². The average molecular weight is 367 g/mol. The van der Waals surface area contributed by atoms with Gasteiger partial charge in [0.15, 0.2) is 0 Å². The first-order valence-corrected chi connectivity index (χ1v) is 9.92. The van der Waals surface area contributed by atoms with Crippen molar-refractivity contribution in [2.45, 2.75) is 76.6 Å². The monoisotopic (exact) mass is 366 g/mol. The molecule has 4 fully saturated rings. The number of fused-ring (bicyclic) bond motifs is 4. The van der Waals surface area contributed by atoms with E-state index in [1.165, 1.54) is 30.2 Å². The molecule has 3 saturated carbocycles. The van der Waals surface area contributed by atoms with Crippen LogP contribution in [0.1, 0.15) is 58.8 Å². The number of allylic oxidation sites excluding steroid dienone is 2. The second-order valence-corrected chi connectivity index (χ2v) is 10.0. The van der Waals surface area contributed by atoms with Crippen molar-refractivity contribution in [3.63, 3.8) is 0 Å². The van der Waals surface area contributed by atoms with Crippen LogP contribution in [0.15, 0.2) is 10.6 Å². The van der Waals surface area contributed by atoms with Crippen LogP contribution in [0.5, 0.6) is 0 Å². The Morgan fingerprint density at radius 2 is 2.05 bits per heavy atom. The van der Waals surface area contributed by atoms with Crippen molar-refractivity contribution >= 4 is 15.9 Å². The van der Waals surface area contributed by atoms with Crippen LogP contribution in [0.3, 0.4) is 0 Å². The predicted molar refractivity (Wildman–Crippen MR) is 89.6 cm³/mol. The molecule has 5 aliphatic rings. The molecule has 22 heavy (non-hydrogen) atoms. The summed E-state index contributed by atoms with van der Waals surface area (Å²) < 4.78 is 7.81. The van der Waals surface area contributed by atoms with Crippen molar-refractivity contribution in [1.29, 1.82) is 0 Å². The van der Waals surface area contributed by atoms with E-state index in [2.05, 4.69) is 35.9 Å². The molecular formula is C19H27BrO2. The molecule has 0 radical (unpaired) electrons. The number of aliphatic hydroxyl groups excluding tert-OH is 1. The molecule has 1 heterocycles. The first kappa shape index (κ1) is 14.5. The quantitative estimate of drug-likeness (QED) is 0.644. The van der Waals surface area contributed by atoms with E-state index < -0.39 is 0 Å². The summed E-state index contributed by atoms with van der Waals surface area (Å²) in [5.41, 5.74) is 0.708. The van der Waals surface area contributed by atoms with Crippen LogP contribution in [0.4, 0.5) is 0 Å². The zero-order valence-electron chi connectivity index (χ0n) is 13.6. The minimum Gasteiger partial charge on any atom is -0.393 e. The van der Waals surface area contributed by atoms with Crippen LogP contribution < -0.4 is 0 Å². The van der Waals surface area contributed by atoms with Crippen molar-refractivity contribution in [2.24, 2.45) is 28.6 Å². The molecule has 0 aromatic heterocycles. The van der Waals surface area contributed by atoms with Gasteiger partial charge < -0.3 is 9.84 Å². The highest BCUT2D eigenvalue weighted by atomic mass is 79.9. The Labute approximate surface area is 141 Å². The Bertz CT molecular complexity index is 560. The number of ether oxygens (including phenoxy) is 1. The molecule has 4 aliphatic carbocycles. The molecule has 0 bridgehead atoms. The first-order chi connectivity index (χ1) is 10.4. The zero-order chi connectivity index (χ0) is 15.3. The summed E-state index contributed by atoms with van der Waals surface area (Å²) in [6.07, 6.45) is 10.9. The minimum atomic E-state index is -0.134. The maximum absolute atomic E-state index is 10.2. The van der Waals surface area contributed by atoms with Gasteiger partial charge in [-0.15, -0.1) is 0 Å². The fraction of sp³-hybridized carbons (Fsp3) is 0.895. The summed E-state index contributed by atoms with van der Waals surface area (Å²) in [6, 6.07) is 0. The number of hydrogen-bond acceptors (Lipinski definition) is 2. The molecule has 0 aromatic carbocycles. The Morgan fingerprint density at radius 1 is 1.23 bits per heavy atom. The van der Waals surface area contributed by atoms with Crippen molar-refractivity contribution in [3.8, 4) is 0 Å². The van der Waals surface area contributed by atoms with Crippen LogP contribution in [0.2, 0.25) is 0 Å². The van der Waals surface area contributed by atoms with Crippen molar-refractivity contribution in [2.75, 3.05) is 0 Å². The lowest BCUT2D eigenvalue weighted by Gasteiger charge is -2.58. The largest absolute Gasteiger partial charge is 0.393 e. The van der Waals surface area contributed by atoms with Gasteiger partial charge in [-0.05, 0) is 60.8 Å². The highest BCUT2D eigenvalue weighted by molar-refractivity contribution is 9.11. The van der Waals surface area contributed by atoms with Gasteiger partial charge in [0.05, 0.1) is 12.2 Å². The normalized spacial score (nSPS) is 62.4. The second-order valence-electron chi connectivity index (χ2n) is 9.17. The van der Waals surface area contributed by atoms with E-state index in [-0.39, 0.29) is 11.7 Å². The van der Waals surface area contributed by atoms with Gasteiger partial charge in [-0.2, -0.15) is 0 Å². The molecule has 3 heteroatoms. The van der Waals surface area contributed by atoms with E-state index >= 15 is 0 Å². The molecular weight excluding hydrogens is 340 g/mol. The van der Waals surface area contributed by atoms with Gasteiger partial charge in [0.2, 0.25) is 0 Å². The number of rotatable bonds is 0. The third kappa shape index (κ3) is 1.50. The Kier molecular flexibility index (Phi) is 2.77. The lowest BCUT2D eigenvalue weighted by molar-refractivity contribution is -0.103. The first-order valence-electron chi connectivity index (χ1n) is 9.13. The van der Waals surface area contributed by atoms with Gasteiger partial charge in [-0.3, -0.25) is 0 Å². The van der Waals surface area contributed by atoms with Crippen LogP contribution in [-0.2, 0) is 4.74 Å². The molecule has 0 amide bonds. The third-order valence-electron chi connectivity index (χ3n) is 8.55. The van der Waals surface area contributed by atoms with Crippen LogP contribution in [0, 0.1) is 28.6 Å². The Morgan fingerprint density at radius 3 is 2.86 bits per heavy atom. The lowest BCUT2D eigenvalue weighted by Crippen LogP contribution is -2.58. The molecule has 0 aromatic rings. The molecule has 1 N–H and O–H groups in total. The van der Waals surface area contributed by atoms with Gasteiger partial charge in [-0.1, -0.05) is 35.9 Å². The van der Waals surface area contributed by atoms with Gasteiger partial charge in [0.1, 0.15) is 5.60 Å². The molecule has 5 rings (SSSR count). The summed E-state index contributed by atoms with van der Waals surface area (Å²) in [5.74, 6) is 2.40. The van der Waals surface area contributed by atoms with Crippen molar-refractivity contribution < 1.29 is 9.84 Å². The van der Waals surface area contributed by atoms with Crippen LogP contribution in [-0.4, -0.2) is 22.9 Å². The predicted octanol–water partition coefficient (Wildman–Crippen LogP) is 4.41. The van der Waals surface area contributed by atoms with E-state index in [1.54, 1.807) is 0 Å². The van der Waals surface area contributed by atoms with Crippen LogP contribution >= 0.6 is 15.9 Å². The summed E-state index contributed by atoms with van der Waals surface area (Å²) in [4.78, 5) is 0. The SMILES string of the molecule is C[C@]12CC[C@H]3[C@@H](C[C@H]4O[C@]45C[C@@H](O)CC[C@]35C)[C@@H]1CC=C2Br. The number of halogens is 1. The number of hydrogen-bond donors (Lipinski definition) is 1. The number of epoxide rings is 1. The lowest BCUT2D eigenvalue weighted by atomic mass is 9.45. The van der Waals surface area contributed by atoms with Crippen molar-refractivity contribution in [1.82, 2.24) is 0 Å². The third-order valence-corrected chi connectivity index (χ3v) is 9.78. The van der Waals surface area contributed by atoms with E-state index in [4.69, 9.17) is 4.74 Å². The number of aliphatic hydroxyl groups is 1. The van der Waals surface area contributed by atoms with E-state index in [9.17, 15) is 5.11 Å². The highest BCUT2D eigenvalue weighted by Gasteiger charge is 2.75. The van der Waals surface area contributed by atoms with Crippen molar-refractivity contribution in [3.05, 3.63) is 10.6 Å². The van der Waals surface area contributed by atoms with Crippen LogP contribution in [0.25, 0.3) is 0 Å². The molecule has 0 unspecified atom stereocenters. The summed E-state index contributed by atoms with van der Waals surface area (Å²) in [6.45, 7) is 4.97. The standard InChI is InChI=1S/C19H27BrO2/c1-17-7-6-14-12(13(17)3-4-15(17)20)9-16-19(22-16)10-11(21)5-8-18(14,19)2/h4,11-14,16,21H,3,5-10H2,1-2H3/t11-,12-,13-,14-,16+,17-,18+,19+/m0/s1. The summed E-state index contributed by atoms with van der Waals surface area (Å²) in [7, 11) is 0. The molecule has 1 aliphatic heterocycles. The molecule has 8 atom stereocenters. The summed E-state index contributed by atoms with van der Waals surface area (Å²) in [5, 5.41) is 10.2. The average Bonchev–Trinajstić information content (AvgIpc) is 3.08. The topological polar surface area (TPSA) is 32.8 Å². The summed E-state index contributed by atoms with van der Waals surface area (Å²) >= 11 is 3.86. The van der Waals surface area contributed by atoms with Gasteiger partial charge in [0, 0.05) is 17.3 Å². The minimum absolute atomic E-state index is 0.0306. The second kappa shape index (κ2) is 4.21.